The number of rotatable bonds is 1. The normalized spacial score (nSPS) is 39.6. The maximum absolute atomic E-state index is 12.8. The average molecular weight is 313 g/mol. The van der Waals surface area contributed by atoms with E-state index in [2.05, 4.69) is 44.0 Å². The Kier molecular flexibility index (Phi) is 3.35. The van der Waals surface area contributed by atoms with E-state index in [1.807, 2.05) is 0 Å². The number of nitrogens with zero attached hydrogens (tertiary/aromatic N) is 1. The molecule has 0 spiro atoms. The molecule has 2 fully saturated rings. The van der Waals surface area contributed by atoms with Gasteiger partial charge in [0.15, 0.2) is 0 Å². The van der Waals surface area contributed by atoms with E-state index in [1.54, 1.807) is 7.11 Å². The van der Waals surface area contributed by atoms with E-state index in [0.29, 0.717) is 30.1 Å². The number of likely N-dealkylation sites (N-methyl/N-ethyl adjacent to an activating group) is 1. The molecular formula is C20H27NO2. The van der Waals surface area contributed by atoms with Crippen LogP contribution >= 0.6 is 0 Å². The van der Waals surface area contributed by atoms with Crippen molar-refractivity contribution in [3.8, 4) is 5.75 Å². The lowest BCUT2D eigenvalue weighted by Crippen LogP contribution is -2.64. The van der Waals surface area contributed by atoms with E-state index in [9.17, 15) is 4.79 Å². The number of hydrogen-bond acceptors (Lipinski definition) is 3. The molecule has 0 aromatic heterocycles. The zero-order valence-electron chi connectivity index (χ0n) is 14.6. The van der Waals surface area contributed by atoms with Crippen LogP contribution in [0.1, 0.15) is 37.8 Å². The van der Waals surface area contributed by atoms with Crippen molar-refractivity contribution in [1.29, 1.82) is 0 Å². The minimum absolute atomic E-state index is 0.0301. The highest BCUT2D eigenvalue weighted by Crippen LogP contribution is 2.58. The molecule has 23 heavy (non-hydrogen) atoms. The Labute approximate surface area is 139 Å². The van der Waals surface area contributed by atoms with E-state index in [0.717, 1.165) is 25.1 Å². The Balaban J connectivity index is 1.92. The first-order chi connectivity index (χ1) is 11.0. The summed E-state index contributed by atoms with van der Waals surface area (Å²) in [7, 11) is 3.99. The second kappa shape index (κ2) is 5.07. The molecular weight excluding hydrogens is 286 g/mol. The Bertz CT molecular complexity index is 655. The van der Waals surface area contributed by atoms with Gasteiger partial charge in [-0.2, -0.15) is 0 Å². The number of likely N-dealkylation sites (tertiary alicyclic amines) is 1. The van der Waals surface area contributed by atoms with Gasteiger partial charge in [-0.05, 0) is 61.5 Å². The highest BCUT2D eigenvalue weighted by molar-refractivity contribution is 5.84. The van der Waals surface area contributed by atoms with Gasteiger partial charge in [-0.15, -0.1) is 0 Å². The maximum Gasteiger partial charge on any atom is 0.136 e. The summed E-state index contributed by atoms with van der Waals surface area (Å²) < 4.78 is 5.49. The van der Waals surface area contributed by atoms with Gasteiger partial charge in [0.2, 0.25) is 0 Å². The largest absolute Gasteiger partial charge is 0.497 e. The van der Waals surface area contributed by atoms with E-state index in [-0.39, 0.29) is 11.3 Å². The van der Waals surface area contributed by atoms with Gasteiger partial charge in [-0.3, -0.25) is 4.79 Å². The van der Waals surface area contributed by atoms with Gasteiger partial charge in [0.05, 0.1) is 7.11 Å². The lowest BCUT2D eigenvalue weighted by atomic mass is 9.48. The van der Waals surface area contributed by atoms with Crippen LogP contribution in [0.2, 0.25) is 0 Å². The predicted octanol–water partition coefficient (Wildman–Crippen LogP) is 3.05. The maximum atomic E-state index is 12.8. The van der Waals surface area contributed by atoms with Crippen molar-refractivity contribution >= 4 is 5.78 Å². The topological polar surface area (TPSA) is 29.5 Å². The monoisotopic (exact) mass is 313 g/mol. The average Bonchev–Trinajstić information content (AvgIpc) is 2.55. The molecule has 4 rings (SSSR count). The quantitative estimate of drug-likeness (QED) is 0.798. The Hall–Kier alpha value is -1.35. The molecule has 0 amide bonds. The molecule has 124 valence electrons. The van der Waals surface area contributed by atoms with Crippen molar-refractivity contribution in [2.45, 2.75) is 44.6 Å². The van der Waals surface area contributed by atoms with E-state index < -0.39 is 0 Å². The van der Waals surface area contributed by atoms with Gasteiger partial charge in [-0.25, -0.2) is 0 Å². The third-order valence-corrected chi connectivity index (χ3v) is 7.16. The first-order valence-electron chi connectivity index (χ1n) is 8.88. The molecule has 1 aromatic rings. The molecule has 2 bridgehead atoms. The number of ether oxygens (including phenoxy) is 1. The van der Waals surface area contributed by atoms with Crippen molar-refractivity contribution in [2.24, 2.45) is 17.8 Å². The van der Waals surface area contributed by atoms with Gasteiger partial charge in [0, 0.05) is 23.8 Å². The number of piperidine rings is 1. The number of fused-ring (bicyclic) bond motifs is 1. The number of ketones is 1. The van der Waals surface area contributed by atoms with Gasteiger partial charge >= 0.3 is 0 Å². The summed E-state index contributed by atoms with van der Waals surface area (Å²) in [4.78, 5) is 15.3. The number of Topliss-reactive ketones (excluding diaryl/α,β-unsaturated/α-hetero) is 1. The summed E-state index contributed by atoms with van der Waals surface area (Å²) in [6.45, 7) is 5.53. The molecule has 0 N–H and O–H groups in total. The van der Waals surface area contributed by atoms with Crippen molar-refractivity contribution in [1.82, 2.24) is 4.90 Å². The molecule has 0 radical (unpaired) electrons. The Morgan fingerprint density at radius 3 is 2.83 bits per heavy atom. The van der Waals surface area contributed by atoms with Crippen LogP contribution in [-0.2, 0) is 16.6 Å². The van der Waals surface area contributed by atoms with Crippen molar-refractivity contribution in [3.05, 3.63) is 29.3 Å². The fourth-order valence-corrected chi connectivity index (χ4v) is 5.73. The SMILES string of the molecule is COc1ccc2c(c1)[C@]13CCN(C)[C@H](C2)[C@@H]1[C@H](C)[C@@H](C)C(=O)C3. The minimum Gasteiger partial charge on any atom is -0.497 e. The number of hydrogen-bond donors (Lipinski definition) is 0. The van der Waals surface area contributed by atoms with Crippen LogP contribution in [0, 0.1) is 17.8 Å². The summed E-state index contributed by atoms with van der Waals surface area (Å²) in [5, 5.41) is 0. The molecule has 2 aliphatic carbocycles. The highest BCUT2D eigenvalue weighted by Gasteiger charge is 2.58. The summed E-state index contributed by atoms with van der Waals surface area (Å²) in [5.74, 6) is 2.59. The number of benzene rings is 1. The number of carbonyl (C=O) groups is 1. The summed E-state index contributed by atoms with van der Waals surface area (Å²) in [6.07, 6.45) is 2.91. The number of carbonyl (C=O) groups excluding carboxylic acids is 1. The molecule has 1 saturated carbocycles. The zero-order chi connectivity index (χ0) is 16.4. The van der Waals surface area contributed by atoms with Crippen LogP contribution in [0.3, 0.4) is 0 Å². The Morgan fingerprint density at radius 2 is 2.09 bits per heavy atom. The minimum atomic E-state index is 0.0301. The molecule has 5 atom stereocenters. The molecule has 3 heteroatoms. The number of methoxy groups -OCH3 is 1. The third-order valence-electron chi connectivity index (χ3n) is 7.16. The standard InChI is InChI=1S/C20H27NO2/c1-12-13(2)19-17-9-14-5-6-15(23-4)10-16(14)20(19,11-18(12)22)7-8-21(17)3/h5-6,10,12-13,17,19H,7-9,11H2,1-4H3/t12-,13-,17-,19+,20-/m1/s1. The fraction of sp³-hybridized carbons (Fsp3) is 0.650. The molecule has 1 aromatic carbocycles. The van der Waals surface area contributed by atoms with E-state index in [4.69, 9.17) is 4.74 Å². The zero-order valence-corrected chi connectivity index (χ0v) is 14.6. The van der Waals surface area contributed by atoms with Crippen LogP contribution < -0.4 is 4.74 Å². The molecule has 1 heterocycles. The third kappa shape index (κ3) is 1.95. The van der Waals surface area contributed by atoms with Crippen molar-refractivity contribution < 1.29 is 9.53 Å². The van der Waals surface area contributed by atoms with Crippen LogP contribution in [-0.4, -0.2) is 37.4 Å². The van der Waals surface area contributed by atoms with Crippen molar-refractivity contribution in [3.63, 3.8) is 0 Å². The van der Waals surface area contributed by atoms with Gasteiger partial charge in [0.25, 0.3) is 0 Å². The smallest absolute Gasteiger partial charge is 0.136 e. The molecule has 3 nitrogen and oxygen atoms in total. The van der Waals surface area contributed by atoms with E-state index >= 15 is 0 Å². The first-order valence-corrected chi connectivity index (χ1v) is 8.88. The fourth-order valence-electron chi connectivity index (χ4n) is 5.73. The first kappa shape index (κ1) is 15.2. The molecule has 3 aliphatic rings. The van der Waals surface area contributed by atoms with Gasteiger partial charge in [-0.1, -0.05) is 19.9 Å². The molecule has 1 saturated heterocycles. The predicted molar refractivity (Wildman–Crippen MR) is 90.9 cm³/mol. The van der Waals surface area contributed by atoms with Crippen molar-refractivity contribution in [2.75, 3.05) is 20.7 Å². The van der Waals surface area contributed by atoms with Crippen LogP contribution in [0.15, 0.2) is 18.2 Å². The van der Waals surface area contributed by atoms with Gasteiger partial charge in [0.1, 0.15) is 11.5 Å². The second-order valence-electron chi connectivity index (χ2n) is 8.00. The second-order valence-corrected chi connectivity index (χ2v) is 8.00. The molecule has 1 aliphatic heterocycles. The summed E-state index contributed by atoms with van der Waals surface area (Å²) in [5.41, 5.74) is 2.86. The summed E-state index contributed by atoms with van der Waals surface area (Å²) >= 11 is 0. The van der Waals surface area contributed by atoms with Crippen LogP contribution in [0.25, 0.3) is 0 Å². The van der Waals surface area contributed by atoms with Crippen LogP contribution in [0.4, 0.5) is 0 Å². The lowest BCUT2D eigenvalue weighted by molar-refractivity contribution is -0.137. The van der Waals surface area contributed by atoms with Gasteiger partial charge < -0.3 is 9.64 Å². The lowest BCUT2D eigenvalue weighted by Gasteiger charge is -2.61. The summed E-state index contributed by atoms with van der Waals surface area (Å²) in [6, 6.07) is 7.09. The highest BCUT2D eigenvalue weighted by atomic mass is 16.5. The van der Waals surface area contributed by atoms with E-state index in [1.165, 1.54) is 11.1 Å². The van der Waals surface area contributed by atoms with Crippen LogP contribution in [0.5, 0.6) is 5.75 Å². The molecule has 0 unspecified atom stereocenters. The Morgan fingerprint density at radius 1 is 1.30 bits per heavy atom.